The van der Waals surface area contributed by atoms with Crippen LogP contribution in [0.25, 0.3) is 0 Å². The summed E-state index contributed by atoms with van der Waals surface area (Å²) in [6.07, 6.45) is 2.23. The van der Waals surface area contributed by atoms with Gasteiger partial charge in [-0.2, -0.15) is 0 Å². The second-order valence-electron chi connectivity index (χ2n) is 9.33. The highest BCUT2D eigenvalue weighted by Crippen LogP contribution is 2.34. The van der Waals surface area contributed by atoms with Crippen molar-refractivity contribution < 1.29 is 9.53 Å². The van der Waals surface area contributed by atoms with Crippen molar-refractivity contribution in [2.45, 2.75) is 39.7 Å². The lowest BCUT2D eigenvalue weighted by atomic mass is 9.91. The SMILES string of the molecule is Cc1c(OCCCCN(C)C)ccc(C(C)N2CC(CNC(=O)c3ccccc3)C2)c1C. The molecule has 32 heavy (non-hydrogen) atoms. The van der Waals surface area contributed by atoms with E-state index in [0.29, 0.717) is 12.0 Å². The lowest BCUT2D eigenvalue weighted by Gasteiger charge is -2.44. The average molecular weight is 438 g/mol. The predicted octanol–water partition coefficient (Wildman–Crippen LogP) is 4.45. The van der Waals surface area contributed by atoms with Crippen LogP contribution in [0.2, 0.25) is 0 Å². The normalized spacial score (nSPS) is 15.4. The Morgan fingerprint density at radius 2 is 1.81 bits per heavy atom. The molecule has 0 radical (unpaired) electrons. The lowest BCUT2D eigenvalue weighted by molar-refractivity contribution is 0.0569. The molecular weight excluding hydrogens is 398 g/mol. The lowest BCUT2D eigenvalue weighted by Crippen LogP contribution is -2.52. The Morgan fingerprint density at radius 3 is 2.50 bits per heavy atom. The van der Waals surface area contributed by atoms with Crippen LogP contribution in [0.1, 0.15) is 52.9 Å². The summed E-state index contributed by atoms with van der Waals surface area (Å²) in [5.41, 5.74) is 4.66. The molecule has 0 aromatic heterocycles. The fourth-order valence-corrected chi connectivity index (χ4v) is 4.32. The number of amides is 1. The van der Waals surface area contributed by atoms with Crippen LogP contribution < -0.4 is 10.1 Å². The van der Waals surface area contributed by atoms with Crippen LogP contribution in [0.15, 0.2) is 42.5 Å². The van der Waals surface area contributed by atoms with Gasteiger partial charge in [-0.05, 0) is 89.1 Å². The van der Waals surface area contributed by atoms with E-state index in [2.05, 4.69) is 62.1 Å². The Labute approximate surface area is 193 Å². The third-order valence-electron chi connectivity index (χ3n) is 6.61. The first-order valence-electron chi connectivity index (χ1n) is 11.8. The number of hydrogen-bond acceptors (Lipinski definition) is 4. The van der Waals surface area contributed by atoms with Gasteiger partial charge in [0.15, 0.2) is 0 Å². The summed E-state index contributed by atoms with van der Waals surface area (Å²) >= 11 is 0. The standard InChI is InChI=1S/C27H39N3O2/c1-20-21(2)26(32-16-10-9-15-29(4)5)14-13-25(20)22(3)30-18-23(19-30)17-28-27(31)24-11-7-6-8-12-24/h6-8,11-14,22-23H,9-10,15-19H2,1-5H3,(H,28,31). The van der Waals surface area contributed by atoms with Crippen LogP contribution >= 0.6 is 0 Å². The molecule has 1 fully saturated rings. The van der Waals surface area contributed by atoms with Crippen LogP contribution in [-0.2, 0) is 0 Å². The van der Waals surface area contributed by atoms with Gasteiger partial charge in [0.05, 0.1) is 6.61 Å². The van der Waals surface area contributed by atoms with Crippen molar-refractivity contribution in [3.8, 4) is 5.75 Å². The number of nitrogens with zero attached hydrogens (tertiary/aromatic N) is 2. The van der Waals surface area contributed by atoms with Crippen LogP contribution in [0.3, 0.4) is 0 Å². The highest BCUT2D eigenvalue weighted by Gasteiger charge is 2.32. The Morgan fingerprint density at radius 1 is 1.09 bits per heavy atom. The van der Waals surface area contributed by atoms with Gasteiger partial charge in [0, 0.05) is 37.2 Å². The summed E-state index contributed by atoms with van der Waals surface area (Å²) in [5.74, 6) is 1.53. The summed E-state index contributed by atoms with van der Waals surface area (Å²) in [6, 6.07) is 14.2. The number of carbonyl (C=O) groups excluding carboxylic acids is 1. The van der Waals surface area contributed by atoms with Gasteiger partial charge in [0.2, 0.25) is 0 Å². The summed E-state index contributed by atoms with van der Waals surface area (Å²) in [5, 5.41) is 3.08. The van der Waals surface area contributed by atoms with Gasteiger partial charge < -0.3 is 15.0 Å². The van der Waals surface area contributed by atoms with Gasteiger partial charge in [-0.1, -0.05) is 24.3 Å². The molecule has 0 spiro atoms. The maximum absolute atomic E-state index is 12.2. The molecule has 1 heterocycles. The number of benzene rings is 2. The van der Waals surface area contributed by atoms with E-state index in [4.69, 9.17) is 4.74 Å². The molecule has 0 bridgehead atoms. The fourth-order valence-electron chi connectivity index (χ4n) is 4.32. The molecule has 0 aliphatic carbocycles. The van der Waals surface area contributed by atoms with Gasteiger partial charge >= 0.3 is 0 Å². The Balaban J connectivity index is 1.45. The van der Waals surface area contributed by atoms with Crippen LogP contribution in [0, 0.1) is 19.8 Å². The van der Waals surface area contributed by atoms with E-state index in [1.807, 2.05) is 30.3 Å². The molecule has 5 heteroatoms. The fraction of sp³-hybridized carbons (Fsp3) is 0.519. The molecule has 1 amide bonds. The Kier molecular flexibility index (Phi) is 8.71. The van der Waals surface area contributed by atoms with Crippen molar-refractivity contribution in [3.05, 3.63) is 64.7 Å². The smallest absolute Gasteiger partial charge is 0.251 e. The molecule has 174 valence electrons. The third kappa shape index (κ3) is 6.33. The van der Waals surface area contributed by atoms with Crippen molar-refractivity contribution in [1.29, 1.82) is 0 Å². The van der Waals surface area contributed by atoms with Gasteiger partial charge in [0.1, 0.15) is 5.75 Å². The van der Waals surface area contributed by atoms with Crippen molar-refractivity contribution in [3.63, 3.8) is 0 Å². The average Bonchev–Trinajstić information content (AvgIpc) is 2.75. The minimum Gasteiger partial charge on any atom is -0.493 e. The van der Waals surface area contributed by atoms with Crippen LogP contribution in [-0.4, -0.2) is 62.6 Å². The summed E-state index contributed by atoms with van der Waals surface area (Å²) in [6.45, 7) is 11.3. The number of unbranched alkanes of at least 4 members (excludes halogenated alkanes) is 1. The zero-order valence-electron chi connectivity index (χ0n) is 20.4. The zero-order chi connectivity index (χ0) is 23.1. The maximum Gasteiger partial charge on any atom is 0.251 e. The molecule has 1 saturated heterocycles. The van der Waals surface area contributed by atoms with E-state index in [-0.39, 0.29) is 5.91 Å². The highest BCUT2D eigenvalue weighted by molar-refractivity contribution is 5.94. The van der Waals surface area contributed by atoms with E-state index < -0.39 is 0 Å². The number of likely N-dealkylation sites (tertiary alicyclic amines) is 1. The van der Waals surface area contributed by atoms with Crippen molar-refractivity contribution in [1.82, 2.24) is 15.1 Å². The van der Waals surface area contributed by atoms with E-state index in [1.165, 1.54) is 16.7 Å². The monoisotopic (exact) mass is 437 g/mol. The van der Waals surface area contributed by atoms with Crippen LogP contribution in [0.4, 0.5) is 0 Å². The number of ether oxygens (including phenoxy) is 1. The molecule has 1 aliphatic heterocycles. The second-order valence-corrected chi connectivity index (χ2v) is 9.33. The molecule has 1 aliphatic rings. The number of rotatable bonds is 11. The molecule has 1 N–H and O–H groups in total. The molecule has 5 nitrogen and oxygen atoms in total. The first-order valence-corrected chi connectivity index (χ1v) is 11.8. The van der Waals surface area contributed by atoms with E-state index in [0.717, 1.165) is 56.9 Å². The van der Waals surface area contributed by atoms with Gasteiger partial charge in [0.25, 0.3) is 5.91 Å². The largest absolute Gasteiger partial charge is 0.493 e. The van der Waals surface area contributed by atoms with Crippen molar-refractivity contribution in [2.24, 2.45) is 5.92 Å². The summed E-state index contributed by atoms with van der Waals surface area (Å²) in [4.78, 5) is 16.9. The number of nitrogens with one attached hydrogen (secondary N) is 1. The van der Waals surface area contributed by atoms with Gasteiger partial charge in [-0.25, -0.2) is 0 Å². The third-order valence-corrected chi connectivity index (χ3v) is 6.61. The van der Waals surface area contributed by atoms with E-state index in [9.17, 15) is 4.79 Å². The van der Waals surface area contributed by atoms with Crippen LogP contribution in [0.5, 0.6) is 5.75 Å². The highest BCUT2D eigenvalue weighted by atomic mass is 16.5. The van der Waals surface area contributed by atoms with E-state index in [1.54, 1.807) is 0 Å². The summed E-state index contributed by atoms with van der Waals surface area (Å²) < 4.78 is 6.07. The first kappa shape index (κ1) is 24.3. The molecule has 1 unspecified atom stereocenters. The molecule has 2 aromatic rings. The number of hydrogen-bond donors (Lipinski definition) is 1. The van der Waals surface area contributed by atoms with Gasteiger partial charge in [-0.15, -0.1) is 0 Å². The molecule has 3 rings (SSSR count). The maximum atomic E-state index is 12.2. The van der Waals surface area contributed by atoms with Crippen molar-refractivity contribution >= 4 is 5.91 Å². The zero-order valence-corrected chi connectivity index (χ0v) is 20.4. The second kappa shape index (κ2) is 11.5. The first-order chi connectivity index (χ1) is 15.4. The van der Waals surface area contributed by atoms with E-state index >= 15 is 0 Å². The predicted molar refractivity (Wildman–Crippen MR) is 131 cm³/mol. The van der Waals surface area contributed by atoms with Crippen molar-refractivity contribution in [2.75, 3.05) is 46.9 Å². The Hall–Kier alpha value is -2.37. The minimum atomic E-state index is 0.0147. The minimum absolute atomic E-state index is 0.0147. The molecule has 2 aromatic carbocycles. The summed E-state index contributed by atoms with van der Waals surface area (Å²) in [7, 11) is 4.21. The quantitative estimate of drug-likeness (QED) is 0.528. The van der Waals surface area contributed by atoms with Gasteiger partial charge in [-0.3, -0.25) is 9.69 Å². The Bertz CT molecular complexity index is 876. The molecular formula is C27H39N3O2. The number of carbonyl (C=O) groups is 1. The molecule has 0 saturated carbocycles. The molecule has 1 atom stereocenters. The topological polar surface area (TPSA) is 44.8 Å².